The number of Topliss-reactive ketones (excluding diaryl/α,β-unsaturated/α-hetero) is 1. The highest BCUT2D eigenvalue weighted by atomic mass is 32.2. The molecule has 0 unspecified atom stereocenters. The number of nitrogens with zero attached hydrogens (tertiary/aromatic N) is 4. The van der Waals surface area contributed by atoms with Crippen LogP contribution in [0.5, 0.6) is 0 Å². The highest BCUT2D eigenvalue weighted by Gasteiger charge is 2.31. The van der Waals surface area contributed by atoms with E-state index in [0.29, 0.717) is 24.4 Å². The van der Waals surface area contributed by atoms with Crippen LogP contribution in [0, 0.1) is 0 Å². The Hall–Kier alpha value is -2.87. The molecule has 1 amide bonds. The number of carbonyl (C=O) groups is 2. The first-order valence-corrected chi connectivity index (χ1v) is 11.2. The van der Waals surface area contributed by atoms with E-state index >= 15 is 0 Å². The van der Waals surface area contributed by atoms with Gasteiger partial charge in [-0.2, -0.15) is 0 Å². The first-order valence-electron chi connectivity index (χ1n) is 10.2. The van der Waals surface area contributed by atoms with Gasteiger partial charge in [-0.1, -0.05) is 11.8 Å². The zero-order chi connectivity index (χ0) is 20.5. The molecule has 0 atom stereocenters. The molecule has 7 nitrogen and oxygen atoms in total. The molecule has 8 heteroatoms. The minimum atomic E-state index is 0.0276. The molecule has 0 radical (unpaired) electrons. The molecule has 1 saturated heterocycles. The minimum Gasteiger partial charge on any atom is -0.467 e. The number of amides is 1. The molecule has 1 saturated carbocycles. The van der Waals surface area contributed by atoms with E-state index < -0.39 is 0 Å². The molecule has 30 heavy (non-hydrogen) atoms. The van der Waals surface area contributed by atoms with Gasteiger partial charge in [0.15, 0.2) is 10.9 Å². The Morgan fingerprint density at radius 1 is 1.17 bits per heavy atom. The van der Waals surface area contributed by atoms with Crippen molar-refractivity contribution < 1.29 is 14.0 Å². The summed E-state index contributed by atoms with van der Waals surface area (Å²) >= 11 is 1.40. The van der Waals surface area contributed by atoms with Crippen molar-refractivity contribution in [2.24, 2.45) is 0 Å². The van der Waals surface area contributed by atoms with Crippen LogP contribution in [-0.2, 0) is 11.3 Å². The van der Waals surface area contributed by atoms with Gasteiger partial charge in [-0.15, -0.1) is 10.2 Å². The van der Waals surface area contributed by atoms with Crippen LogP contribution in [0.25, 0.3) is 0 Å². The van der Waals surface area contributed by atoms with E-state index in [-0.39, 0.29) is 17.4 Å². The number of furan rings is 1. The first kappa shape index (κ1) is 19.1. The van der Waals surface area contributed by atoms with Gasteiger partial charge in [-0.3, -0.25) is 14.2 Å². The third kappa shape index (κ3) is 3.92. The van der Waals surface area contributed by atoms with E-state index in [2.05, 4.69) is 14.8 Å². The van der Waals surface area contributed by atoms with Crippen molar-refractivity contribution >= 4 is 29.1 Å². The van der Waals surface area contributed by atoms with Crippen LogP contribution >= 0.6 is 11.8 Å². The van der Waals surface area contributed by atoms with Gasteiger partial charge in [-0.05, 0) is 55.7 Å². The predicted molar refractivity (Wildman–Crippen MR) is 113 cm³/mol. The SMILES string of the molecule is O=C(CSc1nnc(C2CC2)n1Cc1ccco1)c1ccc(N2CCCC2=O)cc1. The molecule has 1 aromatic carbocycles. The summed E-state index contributed by atoms with van der Waals surface area (Å²) in [5.41, 5.74) is 1.49. The van der Waals surface area contributed by atoms with Crippen molar-refractivity contribution in [2.75, 3.05) is 17.2 Å². The summed E-state index contributed by atoms with van der Waals surface area (Å²) in [6, 6.07) is 11.1. The van der Waals surface area contributed by atoms with Crippen molar-refractivity contribution in [3.05, 3.63) is 59.8 Å². The van der Waals surface area contributed by atoms with Crippen LogP contribution in [0.1, 0.15) is 53.5 Å². The van der Waals surface area contributed by atoms with Crippen LogP contribution in [0.15, 0.2) is 52.2 Å². The summed E-state index contributed by atoms with van der Waals surface area (Å²) in [5.74, 6) is 2.73. The molecule has 2 aromatic heterocycles. The van der Waals surface area contributed by atoms with E-state index in [1.807, 2.05) is 24.3 Å². The molecule has 3 heterocycles. The molecule has 2 fully saturated rings. The van der Waals surface area contributed by atoms with Crippen LogP contribution in [0.2, 0.25) is 0 Å². The standard InChI is InChI=1S/C22H22N4O3S/c27-19(15-7-9-17(10-8-15)25-11-1-4-20(25)28)14-30-22-24-23-21(16-5-6-16)26(22)13-18-3-2-12-29-18/h2-3,7-10,12,16H,1,4-6,11,13-14H2. The summed E-state index contributed by atoms with van der Waals surface area (Å²) in [5, 5.41) is 9.45. The largest absolute Gasteiger partial charge is 0.467 e. The maximum atomic E-state index is 12.7. The third-order valence-corrected chi connectivity index (χ3v) is 6.46. The monoisotopic (exact) mass is 422 g/mol. The smallest absolute Gasteiger partial charge is 0.227 e. The fourth-order valence-corrected chi connectivity index (χ4v) is 4.56. The lowest BCUT2D eigenvalue weighted by molar-refractivity contribution is -0.117. The van der Waals surface area contributed by atoms with Gasteiger partial charge in [-0.25, -0.2) is 0 Å². The Kier molecular flexibility index (Phi) is 5.16. The minimum absolute atomic E-state index is 0.0276. The van der Waals surface area contributed by atoms with Crippen molar-refractivity contribution in [3.63, 3.8) is 0 Å². The van der Waals surface area contributed by atoms with Crippen molar-refractivity contribution in [3.8, 4) is 0 Å². The molecular formula is C22H22N4O3S. The maximum absolute atomic E-state index is 12.7. The van der Waals surface area contributed by atoms with E-state index in [9.17, 15) is 9.59 Å². The Morgan fingerprint density at radius 2 is 2.00 bits per heavy atom. The van der Waals surface area contributed by atoms with Crippen LogP contribution in [0.3, 0.4) is 0 Å². The molecule has 0 spiro atoms. The molecule has 5 rings (SSSR count). The van der Waals surface area contributed by atoms with Gasteiger partial charge in [0, 0.05) is 30.1 Å². The summed E-state index contributed by atoms with van der Waals surface area (Å²) in [6.07, 6.45) is 5.40. The van der Waals surface area contributed by atoms with Crippen LogP contribution in [0.4, 0.5) is 5.69 Å². The van der Waals surface area contributed by atoms with Gasteiger partial charge in [0.2, 0.25) is 5.91 Å². The van der Waals surface area contributed by atoms with Gasteiger partial charge in [0.05, 0.1) is 18.6 Å². The fraction of sp³-hybridized carbons (Fsp3) is 0.364. The van der Waals surface area contributed by atoms with Crippen LogP contribution in [-0.4, -0.2) is 38.8 Å². The highest BCUT2D eigenvalue weighted by molar-refractivity contribution is 7.99. The number of ketones is 1. The highest BCUT2D eigenvalue weighted by Crippen LogP contribution is 2.40. The molecule has 154 valence electrons. The lowest BCUT2D eigenvalue weighted by atomic mass is 10.1. The second-order valence-corrected chi connectivity index (χ2v) is 8.63. The average molecular weight is 423 g/mol. The predicted octanol–water partition coefficient (Wildman–Crippen LogP) is 3.90. The zero-order valence-corrected chi connectivity index (χ0v) is 17.3. The Labute approximate surface area is 178 Å². The number of aromatic nitrogens is 3. The first-order chi connectivity index (χ1) is 14.7. The van der Waals surface area contributed by atoms with Crippen molar-refractivity contribution in [1.29, 1.82) is 0 Å². The summed E-state index contributed by atoms with van der Waals surface area (Å²) in [7, 11) is 0. The normalized spacial score (nSPS) is 16.4. The Bertz CT molecular complexity index is 1050. The Balaban J connectivity index is 1.27. The van der Waals surface area contributed by atoms with Gasteiger partial charge < -0.3 is 9.32 Å². The van der Waals surface area contributed by atoms with Gasteiger partial charge in [0.1, 0.15) is 11.6 Å². The number of hydrogen-bond acceptors (Lipinski definition) is 6. The molecule has 1 aliphatic carbocycles. The van der Waals surface area contributed by atoms with Crippen molar-refractivity contribution in [1.82, 2.24) is 14.8 Å². The summed E-state index contributed by atoms with van der Waals surface area (Å²) < 4.78 is 7.56. The summed E-state index contributed by atoms with van der Waals surface area (Å²) in [4.78, 5) is 26.4. The number of benzene rings is 1. The Morgan fingerprint density at radius 3 is 2.67 bits per heavy atom. The zero-order valence-electron chi connectivity index (χ0n) is 16.5. The second kappa shape index (κ2) is 8.10. The maximum Gasteiger partial charge on any atom is 0.227 e. The van der Waals surface area contributed by atoms with Gasteiger partial charge >= 0.3 is 0 Å². The lowest BCUT2D eigenvalue weighted by Gasteiger charge is -2.15. The van der Waals surface area contributed by atoms with E-state index in [0.717, 1.165) is 48.2 Å². The van der Waals surface area contributed by atoms with Gasteiger partial charge in [0.25, 0.3) is 0 Å². The molecule has 1 aliphatic heterocycles. The number of anilines is 1. The quantitative estimate of drug-likeness (QED) is 0.405. The number of thioether (sulfide) groups is 1. The average Bonchev–Trinajstić information content (AvgIpc) is 3.13. The molecule has 0 N–H and O–H groups in total. The van der Waals surface area contributed by atoms with E-state index in [1.54, 1.807) is 23.3 Å². The number of rotatable bonds is 8. The molecule has 2 aliphatic rings. The van der Waals surface area contributed by atoms with Crippen molar-refractivity contribution in [2.45, 2.75) is 43.3 Å². The van der Waals surface area contributed by atoms with E-state index in [4.69, 9.17) is 4.42 Å². The molecule has 3 aromatic rings. The topological polar surface area (TPSA) is 81.2 Å². The second-order valence-electron chi connectivity index (χ2n) is 7.69. The lowest BCUT2D eigenvalue weighted by Crippen LogP contribution is -2.23. The molecule has 0 bridgehead atoms. The summed E-state index contributed by atoms with van der Waals surface area (Å²) in [6.45, 7) is 1.32. The molecular weight excluding hydrogens is 400 g/mol. The fourth-order valence-electron chi connectivity index (χ4n) is 3.72. The van der Waals surface area contributed by atoms with Crippen LogP contribution < -0.4 is 4.90 Å². The number of hydrogen-bond donors (Lipinski definition) is 0. The van der Waals surface area contributed by atoms with E-state index in [1.165, 1.54) is 11.8 Å². The number of carbonyl (C=O) groups excluding carboxylic acids is 2. The third-order valence-electron chi connectivity index (χ3n) is 5.49.